The number of nitrogens with zero attached hydrogens (tertiary/aromatic N) is 3. The number of nitrogens with two attached hydrogens (primary N) is 1. The van der Waals surface area contributed by atoms with Gasteiger partial charge in [-0.25, -0.2) is 0 Å². The average Bonchev–Trinajstić information content (AvgIpc) is 3.53. The van der Waals surface area contributed by atoms with Crippen molar-refractivity contribution in [3.05, 3.63) is 218 Å². The van der Waals surface area contributed by atoms with Crippen LogP contribution in [0.25, 0.3) is 38.6 Å². The topological polar surface area (TPSA) is 37.4 Å². The van der Waals surface area contributed by atoms with Gasteiger partial charge in [-0.05, 0) is 109 Å². The maximum absolute atomic E-state index is 5.76. The highest BCUT2D eigenvalue weighted by Crippen LogP contribution is 2.40. The number of para-hydroxylation sites is 2. The molecule has 0 aliphatic rings. The minimum absolute atomic E-state index is 0.516. The largest absolute Gasteiger partial charge is 0.399 e. The molecular weight excluding hydrogens is 645 g/mol. The van der Waals surface area contributed by atoms with Gasteiger partial charge in [-0.3, -0.25) is 0 Å². The second-order valence-corrected chi connectivity index (χ2v) is 13.1. The zero-order valence-corrected chi connectivity index (χ0v) is 29.7. The van der Waals surface area contributed by atoms with Crippen LogP contribution in [0.2, 0.25) is 0 Å². The number of anilines is 5. The predicted molar refractivity (Wildman–Crippen MR) is 226 cm³/mol. The first-order chi connectivity index (χ1) is 26.0. The number of rotatable bonds is 10. The van der Waals surface area contributed by atoms with E-state index in [1.807, 2.05) is 24.4 Å². The van der Waals surface area contributed by atoms with Crippen LogP contribution in [0, 0.1) is 6.92 Å². The summed E-state index contributed by atoms with van der Waals surface area (Å²) in [5.41, 5.74) is 18.7. The standard InChI is InChI=1S/C49H40N4/c1-36-20-24-42(25-21-36)52(43-26-22-39(23-27-43)38-14-5-3-6-15-38)45-32-33-47-46-18-9-10-19-48(46)53(49(47)35-45)44-30-28-41(29-31-44)51(34-12-11-13-37(2)50)40-16-7-4-8-17-40/h3-35H,2,50H2,1H3/b13-11-,34-12-. The summed E-state index contributed by atoms with van der Waals surface area (Å²) in [6.45, 7) is 5.90. The second-order valence-electron chi connectivity index (χ2n) is 13.1. The Kier molecular flexibility index (Phi) is 9.17. The Hall–Kier alpha value is -7.04. The smallest absolute Gasteiger partial charge is 0.0561 e. The van der Waals surface area contributed by atoms with Crippen LogP contribution in [0.15, 0.2) is 213 Å². The zero-order valence-electron chi connectivity index (χ0n) is 29.7. The molecule has 0 atom stereocenters. The molecule has 0 fully saturated rings. The van der Waals surface area contributed by atoms with Gasteiger partial charge < -0.3 is 20.1 Å². The number of fused-ring (bicyclic) bond motifs is 3. The Morgan fingerprint density at radius 1 is 0.528 bits per heavy atom. The lowest BCUT2D eigenvalue weighted by Crippen LogP contribution is -2.10. The van der Waals surface area contributed by atoms with Gasteiger partial charge in [0, 0.05) is 56.8 Å². The normalized spacial score (nSPS) is 11.5. The highest BCUT2D eigenvalue weighted by Gasteiger charge is 2.18. The van der Waals surface area contributed by atoms with E-state index in [1.54, 1.807) is 6.08 Å². The molecule has 2 N–H and O–H groups in total. The zero-order chi connectivity index (χ0) is 36.1. The molecule has 8 rings (SSSR count). The summed E-state index contributed by atoms with van der Waals surface area (Å²) < 4.78 is 2.38. The summed E-state index contributed by atoms with van der Waals surface area (Å²) in [5.74, 6) is 0. The molecule has 0 aliphatic heterocycles. The molecule has 1 aromatic heterocycles. The Balaban J connectivity index is 1.24. The molecule has 0 aliphatic carbocycles. The quantitative estimate of drug-likeness (QED) is 0.146. The highest BCUT2D eigenvalue weighted by atomic mass is 15.1. The van der Waals surface area contributed by atoms with Crippen molar-refractivity contribution in [1.82, 2.24) is 4.57 Å². The van der Waals surface area contributed by atoms with E-state index in [9.17, 15) is 0 Å². The molecule has 0 radical (unpaired) electrons. The van der Waals surface area contributed by atoms with Crippen molar-refractivity contribution in [2.75, 3.05) is 9.80 Å². The summed E-state index contributed by atoms with van der Waals surface area (Å²) in [6.07, 6.45) is 7.71. The average molecular weight is 685 g/mol. The number of hydrogen-bond acceptors (Lipinski definition) is 3. The molecule has 7 aromatic carbocycles. The fourth-order valence-electron chi connectivity index (χ4n) is 6.94. The maximum Gasteiger partial charge on any atom is 0.0561 e. The van der Waals surface area contributed by atoms with Crippen molar-refractivity contribution >= 4 is 50.2 Å². The Morgan fingerprint density at radius 3 is 1.77 bits per heavy atom. The summed E-state index contributed by atoms with van der Waals surface area (Å²) in [6, 6.07) is 62.7. The van der Waals surface area contributed by atoms with Gasteiger partial charge >= 0.3 is 0 Å². The van der Waals surface area contributed by atoms with Crippen molar-refractivity contribution < 1.29 is 0 Å². The number of aromatic nitrogens is 1. The lowest BCUT2D eigenvalue weighted by atomic mass is 10.0. The van der Waals surface area contributed by atoms with Crippen molar-refractivity contribution in [1.29, 1.82) is 0 Å². The van der Waals surface area contributed by atoms with Crippen LogP contribution in [0.4, 0.5) is 28.4 Å². The number of hydrogen-bond donors (Lipinski definition) is 1. The predicted octanol–water partition coefficient (Wildman–Crippen LogP) is 12.9. The molecule has 0 bridgehead atoms. The third-order valence-electron chi connectivity index (χ3n) is 9.52. The highest BCUT2D eigenvalue weighted by molar-refractivity contribution is 6.10. The molecule has 8 aromatic rings. The molecule has 4 heteroatoms. The van der Waals surface area contributed by atoms with Crippen LogP contribution in [0.5, 0.6) is 0 Å². The van der Waals surface area contributed by atoms with Crippen LogP contribution in [-0.4, -0.2) is 4.57 Å². The second kappa shape index (κ2) is 14.7. The van der Waals surface area contributed by atoms with Gasteiger partial charge in [-0.1, -0.05) is 115 Å². The SMILES string of the molecule is C=C(N)/C=C\C=C/N(c1ccccc1)c1ccc(-n2c3ccccc3c3ccc(N(c4ccc(C)cc4)c4ccc(-c5ccccc5)cc4)cc32)cc1. The molecule has 53 heavy (non-hydrogen) atoms. The summed E-state index contributed by atoms with van der Waals surface area (Å²) >= 11 is 0. The summed E-state index contributed by atoms with van der Waals surface area (Å²) in [4.78, 5) is 4.51. The molecule has 0 spiro atoms. The summed E-state index contributed by atoms with van der Waals surface area (Å²) in [7, 11) is 0. The molecule has 256 valence electrons. The van der Waals surface area contributed by atoms with Gasteiger partial charge in [0.25, 0.3) is 0 Å². The summed E-state index contributed by atoms with van der Waals surface area (Å²) in [5, 5.41) is 2.42. The fourth-order valence-corrected chi connectivity index (χ4v) is 6.94. The lowest BCUT2D eigenvalue weighted by molar-refractivity contribution is 1.17. The maximum atomic E-state index is 5.76. The van der Waals surface area contributed by atoms with Gasteiger partial charge in [0.1, 0.15) is 0 Å². The van der Waals surface area contributed by atoms with Gasteiger partial charge in [0.05, 0.1) is 11.0 Å². The number of benzene rings is 7. The van der Waals surface area contributed by atoms with E-state index < -0.39 is 0 Å². The van der Waals surface area contributed by atoms with E-state index >= 15 is 0 Å². The van der Waals surface area contributed by atoms with Crippen LogP contribution >= 0.6 is 0 Å². The molecule has 4 nitrogen and oxygen atoms in total. The Labute approximate surface area is 311 Å². The van der Waals surface area contributed by atoms with E-state index in [-0.39, 0.29) is 0 Å². The minimum atomic E-state index is 0.516. The van der Waals surface area contributed by atoms with E-state index in [2.05, 4.69) is 198 Å². The molecule has 1 heterocycles. The molecule has 0 saturated carbocycles. The van der Waals surface area contributed by atoms with Crippen molar-refractivity contribution in [3.8, 4) is 16.8 Å². The fraction of sp³-hybridized carbons (Fsp3) is 0.0204. The first-order valence-corrected chi connectivity index (χ1v) is 17.8. The van der Waals surface area contributed by atoms with Crippen molar-refractivity contribution in [2.45, 2.75) is 6.92 Å². The van der Waals surface area contributed by atoms with Crippen LogP contribution in [-0.2, 0) is 0 Å². The van der Waals surface area contributed by atoms with E-state index in [0.29, 0.717) is 5.70 Å². The molecule has 0 amide bonds. The van der Waals surface area contributed by atoms with E-state index in [0.717, 1.165) is 45.2 Å². The minimum Gasteiger partial charge on any atom is -0.399 e. The van der Waals surface area contributed by atoms with Gasteiger partial charge in [-0.15, -0.1) is 0 Å². The monoisotopic (exact) mass is 684 g/mol. The third-order valence-corrected chi connectivity index (χ3v) is 9.52. The number of allylic oxidation sites excluding steroid dienone is 3. The van der Waals surface area contributed by atoms with Crippen molar-refractivity contribution in [3.63, 3.8) is 0 Å². The molecule has 0 unspecified atom stereocenters. The van der Waals surface area contributed by atoms with Crippen LogP contribution in [0.1, 0.15) is 5.56 Å². The van der Waals surface area contributed by atoms with E-state index in [1.165, 1.54) is 27.5 Å². The van der Waals surface area contributed by atoms with E-state index in [4.69, 9.17) is 5.73 Å². The number of aryl methyl sites for hydroxylation is 1. The van der Waals surface area contributed by atoms with Gasteiger partial charge in [0.2, 0.25) is 0 Å². The van der Waals surface area contributed by atoms with Gasteiger partial charge in [0.15, 0.2) is 0 Å². The van der Waals surface area contributed by atoms with Crippen LogP contribution in [0.3, 0.4) is 0 Å². The first-order valence-electron chi connectivity index (χ1n) is 17.8. The molecular formula is C49H40N4. The van der Waals surface area contributed by atoms with Crippen molar-refractivity contribution in [2.24, 2.45) is 5.73 Å². The Morgan fingerprint density at radius 2 is 1.08 bits per heavy atom. The molecule has 0 saturated heterocycles. The third kappa shape index (κ3) is 6.86. The Bertz CT molecular complexity index is 2560. The lowest BCUT2D eigenvalue weighted by Gasteiger charge is -2.26. The van der Waals surface area contributed by atoms with Crippen LogP contribution < -0.4 is 15.5 Å². The first kappa shape index (κ1) is 33.1. The van der Waals surface area contributed by atoms with Gasteiger partial charge in [-0.2, -0.15) is 0 Å².